The Balaban J connectivity index is 1.14. The van der Waals surface area contributed by atoms with Crippen LogP contribution in [0, 0.1) is 0 Å². The summed E-state index contributed by atoms with van der Waals surface area (Å²) in [7, 11) is 0. The molecule has 0 bridgehead atoms. The van der Waals surface area contributed by atoms with Crippen molar-refractivity contribution < 1.29 is 9.59 Å². The largest absolute Gasteiger partial charge is 0.383 e. The SMILES string of the molecule is C=CC(=O)N1CCc2cccc(C(=O)N[C@H]3CCc4cc(-n5c(-c6cccnc6N)nc6ccc(-n7cccn7)nc65)ccc43)c2C1. The Morgan fingerprint density at radius 1 is 0.979 bits per heavy atom. The Morgan fingerprint density at radius 3 is 2.72 bits per heavy atom. The number of nitrogens with zero attached hydrogens (tertiary/aromatic N) is 7. The van der Waals surface area contributed by atoms with Crippen LogP contribution >= 0.6 is 0 Å². The average molecular weight is 622 g/mol. The van der Waals surface area contributed by atoms with E-state index in [-0.39, 0.29) is 17.9 Å². The quantitative estimate of drug-likeness (QED) is 0.257. The zero-order valence-electron chi connectivity index (χ0n) is 25.5. The molecule has 2 aliphatic rings. The Kier molecular flexibility index (Phi) is 6.86. The molecule has 2 amide bonds. The number of hydrogen-bond donors (Lipinski definition) is 2. The normalized spacial score (nSPS) is 15.3. The molecule has 6 aromatic rings. The number of carbonyl (C=O) groups is 2. The molecule has 1 aliphatic carbocycles. The first-order valence-electron chi connectivity index (χ1n) is 15.5. The summed E-state index contributed by atoms with van der Waals surface area (Å²) >= 11 is 0. The predicted octanol–water partition coefficient (Wildman–Crippen LogP) is 4.74. The first kappa shape index (κ1) is 28.4. The highest BCUT2D eigenvalue weighted by atomic mass is 16.2. The van der Waals surface area contributed by atoms with Crippen LogP contribution in [0.3, 0.4) is 0 Å². The number of nitrogen functional groups attached to an aromatic ring is 1. The van der Waals surface area contributed by atoms with Crippen molar-refractivity contribution in [1.29, 1.82) is 0 Å². The summed E-state index contributed by atoms with van der Waals surface area (Å²) < 4.78 is 3.72. The van der Waals surface area contributed by atoms with Crippen molar-refractivity contribution in [1.82, 2.24) is 39.5 Å². The molecule has 3 N–H and O–H groups in total. The number of hydrogen-bond acceptors (Lipinski definition) is 7. The number of nitrogens with two attached hydrogens (primary N) is 1. The lowest BCUT2D eigenvalue weighted by molar-refractivity contribution is -0.126. The fraction of sp³-hybridized carbons (Fsp3) is 0.167. The lowest BCUT2D eigenvalue weighted by Gasteiger charge is -2.29. The lowest BCUT2D eigenvalue weighted by atomic mass is 9.94. The van der Waals surface area contributed by atoms with E-state index in [1.165, 1.54) is 6.08 Å². The van der Waals surface area contributed by atoms with Crippen molar-refractivity contribution in [3.05, 3.63) is 126 Å². The van der Waals surface area contributed by atoms with Crippen molar-refractivity contribution in [2.75, 3.05) is 12.3 Å². The monoisotopic (exact) mass is 621 g/mol. The molecule has 5 heterocycles. The van der Waals surface area contributed by atoms with Gasteiger partial charge < -0.3 is 16.0 Å². The molecular formula is C36H31N9O2. The summed E-state index contributed by atoms with van der Waals surface area (Å²) in [5.41, 5.74) is 14.1. The Labute approximate surface area is 270 Å². The zero-order valence-corrected chi connectivity index (χ0v) is 25.5. The first-order valence-corrected chi connectivity index (χ1v) is 15.5. The summed E-state index contributed by atoms with van der Waals surface area (Å²) in [6.45, 7) is 4.63. The van der Waals surface area contributed by atoms with Gasteiger partial charge in [0.2, 0.25) is 5.91 Å². The van der Waals surface area contributed by atoms with Gasteiger partial charge in [-0.1, -0.05) is 24.8 Å². The van der Waals surface area contributed by atoms with Crippen molar-refractivity contribution in [3.63, 3.8) is 0 Å². The van der Waals surface area contributed by atoms with E-state index in [1.54, 1.807) is 22.0 Å². The van der Waals surface area contributed by atoms with E-state index >= 15 is 0 Å². The summed E-state index contributed by atoms with van der Waals surface area (Å²) in [5, 5.41) is 7.64. The lowest BCUT2D eigenvalue weighted by Crippen LogP contribution is -2.37. The number of pyridine rings is 2. The summed E-state index contributed by atoms with van der Waals surface area (Å²) in [4.78, 5) is 42.0. The molecule has 0 saturated carbocycles. The Bertz CT molecular complexity index is 2200. The number of aromatic nitrogens is 6. The molecule has 1 atom stereocenters. The van der Waals surface area contributed by atoms with Gasteiger partial charge in [-0.05, 0) is 96.1 Å². The molecule has 232 valence electrons. The third kappa shape index (κ3) is 4.92. The van der Waals surface area contributed by atoms with Crippen molar-refractivity contribution in [3.8, 4) is 22.9 Å². The van der Waals surface area contributed by atoms with E-state index in [9.17, 15) is 9.59 Å². The van der Waals surface area contributed by atoms with Crippen LogP contribution in [0.5, 0.6) is 0 Å². The number of carbonyl (C=O) groups excluding carboxylic acids is 2. The van der Waals surface area contributed by atoms with E-state index < -0.39 is 0 Å². The number of aryl methyl sites for hydroxylation is 1. The summed E-state index contributed by atoms with van der Waals surface area (Å²) in [5.74, 6) is 1.41. The molecule has 0 saturated heterocycles. The number of fused-ring (bicyclic) bond motifs is 3. The fourth-order valence-corrected chi connectivity index (χ4v) is 6.75. The second-order valence-electron chi connectivity index (χ2n) is 11.8. The van der Waals surface area contributed by atoms with Crippen LogP contribution in [0.25, 0.3) is 34.1 Å². The van der Waals surface area contributed by atoms with Gasteiger partial charge in [-0.3, -0.25) is 14.2 Å². The third-order valence-electron chi connectivity index (χ3n) is 9.08. The maximum absolute atomic E-state index is 13.7. The fourth-order valence-electron chi connectivity index (χ4n) is 6.75. The molecule has 0 unspecified atom stereocenters. The van der Waals surface area contributed by atoms with Gasteiger partial charge in [0.1, 0.15) is 11.3 Å². The second-order valence-corrected chi connectivity index (χ2v) is 11.8. The van der Waals surface area contributed by atoms with Gasteiger partial charge in [0.15, 0.2) is 17.3 Å². The Hall–Kier alpha value is -6.10. The van der Waals surface area contributed by atoms with Crippen molar-refractivity contribution in [2.24, 2.45) is 0 Å². The van der Waals surface area contributed by atoms with Crippen molar-refractivity contribution in [2.45, 2.75) is 31.8 Å². The van der Waals surface area contributed by atoms with E-state index in [2.05, 4.69) is 34.1 Å². The molecule has 2 aromatic carbocycles. The molecule has 11 nitrogen and oxygen atoms in total. The van der Waals surface area contributed by atoms with E-state index in [1.807, 2.05) is 65.4 Å². The maximum atomic E-state index is 13.7. The number of anilines is 1. The van der Waals surface area contributed by atoms with Gasteiger partial charge in [-0.2, -0.15) is 5.10 Å². The van der Waals surface area contributed by atoms with E-state index in [4.69, 9.17) is 15.7 Å². The molecule has 1 aliphatic heterocycles. The van der Waals surface area contributed by atoms with Gasteiger partial charge >= 0.3 is 0 Å². The van der Waals surface area contributed by atoms with Crippen LogP contribution in [0.2, 0.25) is 0 Å². The van der Waals surface area contributed by atoms with E-state index in [0.717, 1.165) is 40.8 Å². The second kappa shape index (κ2) is 11.4. The van der Waals surface area contributed by atoms with Crippen LogP contribution in [0.1, 0.15) is 45.1 Å². The zero-order chi connectivity index (χ0) is 32.1. The molecule has 0 radical (unpaired) electrons. The van der Waals surface area contributed by atoms with Gasteiger partial charge in [0.25, 0.3) is 5.91 Å². The van der Waals surface area contributed by atoms with Crippen LogP contribution < -0.4 is 11.1 Å². The minimum absolute atomic E-state index is 0.126. The standard InChI is InChI=1S/C36H31N9O2/c1-2-32(46)43-19-15-22-6-3-7-26(28(22)21-43)36(47)41-29-12-9-23-20-24(10-11-25(23)29)45-34(27-8-4-16-38-33(27)37)40-30-13-14-31(42-35(30)45)44-18-5-17-39-44/h2-8,10-11,13-14,16-18,20,29H,1,9,12,15,19,21H2,(H2,37,38)(H,41,47)/t29-/m0/s1. The average Bonchev–Trinajstić information content (AvgIpc) is 3.86. The molecule has 4 aromatic heterocycles. The smallest absolute Gasteiger partial charge is 0.252 e. The molecular weight excluding hydrogens is 590 g/mol. The van der Waals surface area contributed by atoms with Gasteiger partial charge in [-0.25, -0.2) is 19.6 Å². The molecule has 8 rings (SSSR count). The first-order chi connectivity index (χ1) is 23.0. The minimum atomic E-state index is -0.144. The number of rotatable bonds is 6. The Morgan fingerprint density at radius 2 is 1.89 bits per heavy atom. The maximum Gasteiger partial charge on any atom is 0.252 e. The molecule has 0 fully saturated rings. The highest BCUT2D eigenvalue weighted by molar-refractivity contribution is 5.97. The predicted molar refractivity (Wildman–Crippen MR) is 178 cm³/mol. The van der Waals surface area contributed by atoms with Gasteiger partial charge in [0, 0.05) is 42.9 Å². The van der Waals surface area contributed by atoms with Gasteiger partial charge in [0.05, 0.1) is 11.6 Å². The highest BCUT2D eigenvalue weighted by Gasteiger charge is 2.29. The number of nitrogens with one attached hydrogen (secondary N) is 1. The van der Waals surface area contributed by atoms with Crippen LogP contribution in [-0.2, 0) is 24.2 Å². The molecule has 47 heavy (non-hydrogen) atoms. The number of imidazole rings is 1. The summed E-state index contributed by atoms with van der Waals surface area (Å²) in [6, 6.07) is 21.3. The summed E-state index contributed by atoms with van der Waals surface area (Å²) in [6.07, 6.45) is 8.82. The van der Waals surface area contributed by atoms with Gasteiger partial charge in [-0.15, -0.1) is 0 Å². The van der Waals surface area contributed by atoms with Crippen LogP contribution in [0.4, 0.5) is 5.82 Å². The third-order valence-corrected chi connectivity index (χ3v) is 9.08. The van der Waals surface area contributed by atoms with Crippen molar-refractivity contribution >= 4 is 28.8 Å². The minimum Gasteiger partial charge on any atom is -0.383 e. The number of benzene rings is 2. The number of amides is 2. The van der Waals surface area contributed by atoms with Crippen LogP contribution in [-0.4, -0.2) is 52.6 Å². The van der Waals surface area contributed by atoms with E-state index in [0.29, 0.717) is 59.3 Å². The van der Waals surface area contributed by atoms with Crippen LogP contribution in [0.15, 0.2) is 98.0 Å². The highest BCUT2D eigenvalue weighted by Crippen LogP contribution is 2.36. The molecule has 0 spiro atoms. The topological polar surface area (TPSA) is 137 Å². The molecule has 11 heteroatoms.